The first-order chi connectivity index (χ1) is 8.22. The largest absolute Gasteiger partial charge is 0.379 e. The average Bonchev–Trinajstić information content (AvgIpc) is 2.35. The first-order valence-corrected chi connectivity index (χ1v) is 7.06. The van der Waals surface area contributed by atoms with Gasteiger partial charge in [-0.3, -0.25) is 0 Å². The summed E-state index contributed by atoms with van der Waals surface area (Å²) in [6.07, 6.45) is 5.30. The van der Waals surface area contributed by atoms with Gasteiger partial charge >= 0.3 is 0 Å². The molecule has 3 heteroatoms. The highest BCUT2D eigenvalue weighted by atomic mass is 79.9. The summed E-state index contributed by atoms with van der Waals surface area (Å²) in [7, 11) is 1.82. The average molecular weight is 298 g/mol. The van der Waals surface area contributed by atoms with Crippen LogP contribution in [-0.2, 0) is 4.74 Å². The molecule has 0 spiro atoms. The molecule has 1 aromatic carbocycles. The molecule has 1 aliphatic carbocycles. The van der Waals surface area contributed by atoms with Crippen LogP contribution < -0.4 is 5.32 Å². The van der Waals surface area contributed by atoms with Crippen LogP contribution in [0.5, 0.6) is 0 Å². The normalized spacial score (nSPS) is 24.6. The Bertz CT molecular complexity index is 380. The maximum atomic E-state index is 5.57. The van der Waals surface area contributed by atoms with E-state index in [0.29, 0.717) is 12.1 Å². The van der Waals surface area contributed by atoms with E-state index in [2.05, 4.69) is 46.4 Å². The first-order valence-electron chi connectivity index (χ1n) is 6.27. The van der Waals surface area contributed by atoms with Crippen LogP contribution in [0.25, 0.3) is 0 Å². The van der Waals surface area contributed by atoms with Gasteiger partial charge in [0.15, 0.2) is 0 Å². The predicted octanol–water partition coefficient (Wildman–Crippen LogP) is 4.13. The van der Waals surface area contributed by atoms with Crippen LogP contribution in [0.4, 0.5) is 5.69 Å². The summed E-state index contributed by atoms with van der Waals surface area (Å²) >= 11 is 3.57. The van der Waals surface area contributed by atoms with Crippen LogP contribution in [0.2, 0.25) is 0 Å². The van der Waals surface area contributed by atoms with Gasteiger partial charge in [0, 0.05) is 17.3 Å². The fraction of sp³-hybridized carbons (Fsp3) is 0.571. The van der Waals surface area contributed by atoms with E-state index in [1.807, 2.05) is 7.11 Å². The van der Waals surface area contributed by atoms with Gasteiger partial charge in [0.2, 0.25) is 0 Å². The van der Waals surface area contributed by atoms with E-state index < -0.39 is 0 Å². The minimum Gasteiger partial charge on any atom is -0.379 e. The van der Waals surface area contributed by atoms with Crippen LogP contribution in [0.15, 0.2) is 22.7 Å². The molecule has 1 aromatic rings. The van der Waals surface area contributed by atoms with E-state index in [-0.39, 0.29) is 0 Å². The summed E-state index contributed by atoms with van der Waals surface area (Å²) in [5.74, 6) is 0. The zero-order valence-electron chi connectivity index (χ0n) is 10.5. The molecule has 17 heavy (non-hydrogen) atoms. The van der Waals surface area contributed by atoms with Crippen LogP contribution in [0.3, 0.4) is 0 Å². The molecule has 0 saturated heterocycles. The molecule has 0 aliphatic heterocycles. The van der Waals surface area contributed by atoms with Crippen LogP contribution in [0, 0.1) is 6.92 Å². The van der Waals surface area contributed by atoms with Crippen molar-refractivity contribution in [1.82, 2.24) is 0 Å². The number of nitrogens with one attached hydrogen (secondary N) is 1. The number of benzene rings is 1. The molecular formula is C14H20BrNO. The highest BCUT2D eigenvalue weighted by Gasteiger charge is 2.25. The third kappa shape index (κ3) is 3.02. The van der Waals surface area contributed by atoms with Gasteiger partial charge in [-0.1, -0.05) is 34.8 Å². The van der Waals surface area contributed by atoms with Crippen molar-refractivity contribution in [2.45, 2.75) is 44.8 Å². The van der Waals surface area contributed by atoms with E-state index in [9.17, 15) is 0 Å². The lowest BCUT2D eigenvalue weighted by atomic mass is 9.92. The van der Waals surface area contributed by atoms with Gasteiger partial charge in [0.25, 0.3) is 0 Å². The molecule has 2 unspecified atom stereocenters. The Morgan fingerprint density at radius 1 is 1.29 bits per heavy atom. The summed E-state index contributed by atoms with van der Waals surface area (Å²) in [5, 5.41) is 3.64. The maximum Gasteiger partial charge on any atom is 0.0772 e. The quantitative estimate of drug-likeness (QED) is 0.906. The molecule has 1 aliphatic rings. The van der Waals surface area contributed by atoms with Crippen molar-refractivity contribution >= 4 is 21.6 Å². The van der Waals surface area contributed by atoms with Gasteiger partial charge in [0.1, 0.15) is 0 Å². The Labute approximate surface area is 112 Å². The van der Waals surface area contributed by atoms with Crippen molar-refractivity contribution < 1.29 is 4.74 Å². The number of hydrogen-bond acceptors (Lipinski definition) is 2. The Kier molecular flexibility index (Phi) is 4.46. The zero-order valence-corrected chi connectivity index (χ0v) is 12.1. The second kappa shape index (κ2) is 5.87. The van der Waals surface area contributed by atoms with Gasteiger partial charge in [0.05, 0.1) is 12.1 Å². The smallest absolute Gasteiger partial charge is 0.0772 e. The van der Waals surface area contributed by atoms with Gasteiger partial charge in [-0.25, -0.2) is 0 Å². The van der Waals surface area contributed by atoms with E-state index in [0.717, 1.165) is 4.47 Å². The SMILES string of the molecule is COC1CCCCC1Nc1cccc(Br)c1C. The molecule has 1 saturated carbocycles. The molecule has 94 valence electrons. The molecule has 0 radical (unpaired) electrons. The van der Waals surface area contributed by atoms with E-state index in [1.54, 1.807) is 0 Å². The number of ether oxygens (including phenoxy) is 1. The minimum atomic E-state index is 0.349. The molecule has 1 fully saturated rings. The summed E-state index contributed by atoms with van der Waals surface area (Å²) < 4.78 is 6.73. The fourth-order valence-corrected chi connectivity index (χ4v) is 2.87. The number of methoxy groups -OCH3 is 1. The lowest BCUT2D eigenvalue weighted by molar-refractivity contribution is 0.0606. The third-order valence-corrected chi connectivity index (χ3v) is 4.47. The Hall–Kier alpha value is -0.540. The lowest BCUT2D eigenvalue weighted by Crippen LogP contribution is -2.37. The van der Waals surface area contributed by atoms with Crippen molar-refractivity contribution in [1.29, 1.82) is 0 Å². The number of halogens is 1. The molecule has 2 nitrogen and oxygen atoms in total. The maximum absolute atomic E-state index is 5.57. The molecular weight excluding hydrogens is 278 g/mol. The van der Waals surface area contributed by atoms with Crippen molar-refractivity contribution in [3.05, 3.63) is 28.2 Å². The molecule has 0 heterocycles. The van der Waals surface area contributed by atoms with Gasteiger partial charge in [-0.05, 0) is 37.5 Å². The highest BCUT2D eigenvalue weighted by molar-refractivity contribution is 9.10. The monoisotopic (exact) mass is 297 g/mol. The van der Waals surface area contributed by atoms with Crippen LogP contribution in [-0.4, -0.2) is 19.3 Å². The predicted molar refractivity (Wildman–Crippen MR) is 75.6 cm³/mol. The van der Waals surface area contributed by atoms with Crippen molar-refractivity contribution in [2.24, 2.45) is 0 Å². The summed E-state index contributed by atoms with van der Waals surface area (Å²) in [5.41, 5.74) is 2.49. The van der Waals surface area contributed by atoms with Gasteiger partial charge in [-0.2, -0.15) is 0 Å². The summed E-state index contributed by atoms with van der Waals surface area (Å²) in [4.78, 5) is 0. The molecule has 2 rings (SSSR count). The lowest BCUT2D eigenvalue weighted by Gasteiger charge is -2.32. The highest BCUT2D eigenvalue weighted by Crippen LogP contribution is 2.28. The Morgan fingerprint density at radius 3 is 2.82 bits per heavy atom. The molecule has 0 aromatic heterocycles. The van der Waals surface area contributed by atoms with E-state index >= 15 is 0 Å². The number of anilines is 1. The third-order valence-electron chi connectivity index (χ3n) is 3.61. The van der Waals surface area contributed by atoms with Gasteiger partial charge < -0.3 is 10.1 Å². The fourth-order valence-electron chi connectivity index (χ4n) is 2.51. The summed E-state index contributed by atoms with van der Waals surface area (Å²) in [6, 6.07) is 6.74. The Morgan fingerprint density at radius 2 is 2.06 bits per heavy atom. The molecule has 0 bridgehead atoms. The number of rotatable bonds is 3. The molecule has 1 N–H and O–H groups in total. The van der Waals surface area contributed by atoms with Crippen molar-refractivity contribution in [3.63, 3.8) is 0 Å². The van der Waals surface area contributed by atoms with E-state index in [4.69, 9.17) is 4.74 Å². The van der Waals surface area contributed by atoms with Crippen LogP contribution in [0.1, 0.15) is 31.2 Å². The number of hydrogen-bond donors (Lipinski definition) is 1. The first kappa shape index (κ1) is 12.9. The van der Waals surface area contributed by atoms with E-state index in [1.165, 1.54) is 36.9 Å². The summed E-state index contributed by atoms with van der Waals surface area (Å²) in [6.45, 7) is 2.14. The topological polar surface area (TPSA) is 21.3 Å². The minimum absolute atomic E-state index is 0.349. The van der Waals surface area contributed by atoms with Crippen molar-refractivity contribution in [2.75, 3.05) is 12.4 Å². The second-order valence-electron chi connectivity index (χ2n) is 4.72. The molecule has 2 atom stereocenters. The van der Waals surface area contributed by atoms with Gasteiger partial charge in [-0.15, -0.1) is 0 Å². The Balaban J connectivity index is 2.11. The zero-order chi connectivity index (χ0) is 12.3. The molecule has 0 amide bonds. The second-order valence-corrected chi connectivity index (χ2v) is 5.58. The standard InChI is InChI=1S/C14H20BrNO/c1-10-11(15)6-5-8-12(10)16-13-7-3-4-9-14(13)17-2/h5-6,8,13-14,16H,3-4,7,9H2,1-2H3. The van der Waals surface area contributed by atoms with Crippen molar-refractivity contribution in [3.8, 4) is 0 Å². The van der Waals surface area contributed by atoms with Crippen LogP contribution >= 0.6 is 15.9 Å².